The van der Waals surface area contributed by atoms with Gasteiger partial charge < -0.3 is 20.1 Å². The van der Waals surface area contributed by atoms with Gasteiger partial charge in [-0.15, -0.1) is 0 Å². The average molecular weight is 144 g/mol. The van der Waals surface area contributed by atoms with Crippen LogP contribution < -0.4 is 10.2 Å². The topological polar surface area (TPSA) is 83.4 Å². The summed E-state index contributed by atoms with van der Waals surface area (Å²) in [4.78, 5) is 8.33. The first-order valence-electron chi connectivity index (χ1n) is 1.28. The Labute approximate surface area is 76.4 Å². The molecule has 0 saturated heterocycles. The van der Waals surface area contributed by atoms with E-state index in [9.17, 15) is 0 Å². The van der Waals surface area contributed by atoms with Crippen LogP contribution in [0.15, 0.2) is 12.8 Å². The molecule has 0 fully saturated rings. The molecule has 0 aliphatic rings. The average Bonchev–Trinajstić information content (AvgIpc) is 1.33. The third-order valence-electron chi connectivity index (χ3n) is 0. The maximum atomic E-state index is 8.33. The van der Waals surface area contributed by atoms with Crippen LogP contribution in [0, 0.1) is 0 Å². The molecule has 0 aromatic rings. The fraction of sp³-hybridized carbons (Fsp3) is 0. The van der Waals surface area contributed by atoms with Crippen LogP contribution in [0.25, 0.3) is 0 Å². The van der Waals surface area contributed by atoms with Crippen LogP contribution in [-0.2, 0) is 0 Å². The molecular formula is C3H4CaO4. The minimum Gasteiger partial charge on any atom is -0.652 e. The van der Waals surface area contributed by atoms with E-state index >= 15 is 0 Å². The van der Waals surface area contributed by atoms with E-state index in [4.69, 9.17) is 20.1 Å². The van der Waals surface area contributed by atoms with Gasteiger partial charge in [0.25, 0.3) is 0 Å². The molecule has 1 N–H and O–H groups in total. The van der Waals surface area contributed by atoms with Gasteiger partial charge in [-0.3, -0.25) is 0 Å². The van der Waals surface area contributed by atoms with Crippen molar-refractivity contribution in [1.82, 2.24) is 0 Å². The van der Waals surface area contributed by atoms with E-state index in [2.05, 4.69) is 6.58 Å². The Bertz CT molecular complexity index is 58.3. The minimum absolute atomic E-state index is 0. The molecule has 0 rings (SSSR count). The summed E-state index contributed by atoms with van der Waals surface area (Å²) in [6.07, 6.45) is -1.58. The van der Waals surface area contributed by atoms with Crippen molar-refractivity contribution < 1.29 is 20.1 Å². The van der Waals surface area contributed by atoms with Crippen molar-refractivity contribution in [2.24, 2.45) is 0 Å². The summed E-state index contributed by atoms with van der Waals surface area (Å²) < 4.78 is 0. The summed E-state index contributed by atoms with van der Waals surface area (Å²) in [5.74, 6) is 0. The molecule has 0 amide bonds. The smallest absolute Gasteiger partial charge is 0.652 e. The molecule has 5 heteroatoms. The summed E-state index contributed by atoms with van der Waals surface area (Å²) in [5.41, 5.74) is 0. The molecule has 0 atom stereocenters. The monoisotopic (exact) mass is 144 g/mol. The van der Waals surface area contributed by atoms with E-state index in [1.54, 1.807) is 0 Å². The SMILES string of the molecule is C=CO.O=C([O-])[O-].[Ca+2]. The van der Waals surface area contributed by atoms with Gasteiger partial charge in [0.1, 0.15) is 0 Å². The van der Waals surface area contributed by atoms with Gasteiger partial charge in [0.2, 0.25) is 0 Å². The van der Waals surface area contributed by atoms with Gasteiger partial charge in [-0.05, 0) is 6.16 Å². The molecule has 0 aromatic carbocycles. The predicted octanol–water partition coefficient (Wildman–Crippen LogP) is -2.14. The van der Waals surface area contributed by atoms with Crippen LogP contribution in [0.5, 0.6) is 0 Å². The Morgan fingerprint density at radius 3 is 1.62 bits per heavy atom. The number of hydrogen-bond donors (Lipinski definition) is 1. The van der Waals surface area contributed by atoms with E-state index in [1.165, 1.54) is 0 Å². The summed E-state index contributed by atoms with van der Waals surface area (Å²) >= 11 is 0. The molecule has 0 aromatic heterocycles. The molecule has 0 heterocycles. The van der Waals surface area contributed by atoms with Gasteiger partial charge in [-0.25, -0.2) is 0 Å². The Balaban J connectivity index is -0.0000000575. The third kappa shape index (κ3) is 32100. The van der Waals surface area contributed by atoms with Crippen molar-refractivity contribution in [3.05, 3.63) is 12.8 Å². The van der Waals surface area contributed by atoms with Gasteiger partial charge in [-0.2, -0.15) is 0 Å². The number of rotatable bonds is 0. The van der Waals surface area contributed by atoms with Crippen molar-refractivity contribution >= 4 is 43.9 Å². The second-order valence-electron chi connectivity index (χ2n) is 0.433. The van der Waals surface area contributed by atoms with Crippen molar-refractivity contribution in [1.29, 1.82) is 0 Å². The number of carboxylic acid groups (broad SMARTS) is 2. The maximum Gasteiger partial charge on any atom is 2.00 e. The Morgan fingerprint density at radius 1 is 1.62 bits per heavy atom. The summed E-state index contributed by atoms with van der Waals surface area (Å²) in [6, 6.07) is 0. The number of aliphatic hydroxyl groups excluding tert-OH is 1. The van der Waals surface area contributed by atoms with E-state index in [0.29, 0.717) is 0 Å². The molecule has 0 spiro atoms. The predicted molar refractivity (Wildman–Crippen MR) is 24.0 cm³/mol. The van der Waals surface area contributed by atoms with Crippen LogP contribution in [0.1, 0.15) is 0 Å². The van der Waals surface area contributed by atoms with Gasteiger partial charge in [0.15, 0.2) is 0 Å². The Morgan fingerprint density at radius 2 is 1.62 bits per heavy atom. The molecule has 4 nitrogen and oxygen atoms in total. The molecule has 0 saturated carbocycles. The van der Waals surface area contributed by atoms with E-state index in [0.717, 1.165) is 6.26 Å². The molecule has 0 radical (unpaired) electrons. The maximum absolute atomic E-state index is 8.33. The molecule has 42 valence electrons. The molecule has 0 aliphatic carbocycles. The normalized spacial score (nSPS) is 4.50. The largest absolute Gasteiger partial charge is 2.00 e. The van der Waals surface area contributed by atoms with Crippen molar-refractivity contribution in [3.63, 3.8) is 0 Å². The number of aliphatic hydroxyl groups is 1. The quantitative estimate of drug-likeness (QED) is 0.310. The standard InChI is InChI=1S/C2H4O.CH2O3.Ca/c1-2-3;2-1(3)4;/h2-3H,1H2;(H2,2,3,4);/q;;+2/p-2. The molecular weight excluding hydrogens is 140 g/mol. The van der Waals surface area contributed by atoms with Crippen LogP contribution in [-0.4, -0.2) is 49.0 Å². The Kier molecular flexibility index (Phi) is 30.8. The van der Waals surface area contributed by atoms with Gasteiger partial charge in [0.05, 0.1) is 6.26 Å². The Hall–Kier alpha value is 0.0697. The zero-order valence-corrected chi connectivity index (χ0v) is 6.37. The number of carbonyl (C=O) groups is 1. The van der Waals surface area contributed by atoms with Gasteiger partial charge in [0, 0.05) is 0 Å². The molecule has 0 bridgehead atoms. The van der Waals surface area contributed by atoms with Crippen molar-refractivity contribution in [3.8, 4) is 0 Å². The van der Waals surface area contributed by atoms with E-state index < -0.39 is 6.16 Å². The first-order chi connectivity index (χ1) is 3.15. The second kappa shape index (κ2) is 15.7. The first kappa shape index (κ1) is 15.7. The third-order valence-corrected chi connectivity index (χ3v) is 0. The number of carbonyl (C=O) groups excluding carboxylic acids is 1. The van der Waals surface area contributed by atoms with Crippen LogP contribution in [0.2, 0.25) is 0 Å². The fourth-order valence-electron chi connectivity index (χ4n) is 0. The first-order valence-corrected chi connectivity index (χ1v) is 1.28. The van der Waals surface area contributed by atoms with Crippen molar-refractivity contribution in [2.75, 3.05) is 0 Å². The molecule has 8 heavy (non-hydrogen) atoms. The molecule has 0 unspecified atom stereocenters. The van der Waals surface area contributed by atoms with E-state index in [1.807, 2.05) is 0 Å². The zero-order valence-electron chi connectivity index (χ0n) is 4.16. The zero-order chi connectivity index (χ0) is 6.28. The number of hydrogen-bond acceptors (Lipinski definition) is 4. The summed E-state index contributed by atoms with van der Waals surface area (Å²) in [7, 11) is 0. The van der Waals surface area contributed by atoms with Gasteiger partial charge in [-0.1, -0.05) is 6.58 Å². The van der Waals surface area contributed by atoms with Crippen LogP contribution in [0.3, 0.4) is 0 Å². The van der Waals surface area contributed by atoms with Crippen LogP contribution in [0.4, 0.5) is 4.79 Å². The van der Waals surface area contributed by atoms with Crippen molar-refractivity contribution in [2.45, 2.75) is 0 Å². The minimum atomic E-state index is -2.33. The summed E-state index contributed by atoms with van der Waals surface area (Å²) in [5, 5.41) is 24.0. The van der Waals surface area contributed by atoms with Gasteiger partial charge >= 0.3 is 37.7 Å². The van der Waals surface area contributed by atoms with E-state index in [-0.39, 0.29) is 37.7 Å². The molecule has 0 aliphatic heterocycles. The second-order valence-corrected chi connectivity index (χ2v) is 0.433. The summed E-state index contributed by atoms with van der Waals surface area (Å²) in [6.45, 7) is 2.92. The van der Waals surface area contributed by atoms with Crippen LogP contribution >= 0.6 is 0 Å². The fourth-order valence-corrected chi connectivity index (χ4v) is 0.